The molecule has 0 aliphatic heterocycles. The third-order valence-electron chi connectivity index (χ3n) is 4.19. The quantitative estimate of drug-likeness (QED) is 0.656. The lowest BCUT2D eigenvalue weighted by atomic mass is 9.81. The van der Waals surface area contributed by atoms with Gasteiger partial charge in [-0.15, -0.1) is 0 Å². The van der Waals surface area contributed by atoms with Gasteiger partial charge in [-0.05, 0) is 43.4 Å². The summed E-state index contributed by atoms with van der Waals surface area (Å²) in [6.45, 7) is 8.78. The summed E-state index contributed by atoms with van der Waals surface area (Å²) < 4.78 is 22.5. The maximum absolute atomic E-state index is 12.0. The van der Waals surface area contributed by atoms with Gasteiger partial charge in [0, 0.05) is 0 Å². The van der Waals surface area contributed by atoms with Gasteiger partial charge in [-0.2, -0.15) is 0 Å². The summed E-state index contributed by atoms with van der Waals surface area (Å²) in [6.07, 6.45) is 6.09. The fourth-order valence-electron chi connectivity index (χ4n) is 2.85. The van der Waals surface area contributed by atoms with Crippen molar-refractivity contribution in [2.75, 3.05) is 6.61 Å². The minimum Gasteiger partial charge on any atom is -0.302 e. The number of unbranched alkanes of at least 4 members (excludes halogenated alkanes) is 1. The third kappa shape index (κ3) is 6.71. The Morgan fingerprint density at radius 1 is 1.35 bits per heavy atom. The second kappa shape index (κ2) is 8.53. The molecule has 0 saturated heterocycles. The number of phosphoric acid groups is 1. The second-order valence-corrected chi connectivity index (χ2v) is 7.96. The molecule has 0 spiro atoms. The van der Waals surface area contributed by atoms with Crippen molar-refractivity contribution in [2.24, 2.45) is 17.8 Å². The molecule has 0 aromatic carbocycles. The van der Waals surface area contributed by atoms with Crippen LogP contribution in [0.4, 0.5) is 0 Å². The van der Waals surface area contributed by atoms with Crippen LogP contribution in [0, 0.1) is 17.8 Å². The van der Waals surface area contributed by atoms with Gasteiger partial charge in [0.15, 0.2) is 0 Å². The topological polar surface area (TPSA) is 55.8 Å². The van der Waals surface area contributed by atoms with Crippen LogP contribution in [0.5, 0.6) is 0 Å². The summed E-state index contributed by atoms with van der Waals surface area (Å²) in [5, 5.41) is 0. The second-order valence-electron chi connectivity index (χ2n) is 6.55. The Hall–Kier alpha value is 0.110. The first kappa shape index (κ1) is 18.2. The van der Waals surface area contributed by atoms with Gasteiger partial charge in [0.25, 0.3) is 0 Å². The van der Waals surface area contributed by atoms with Crippen molar-refractivity contribution in [3.63, 3.8) is 0 Å². The fraction of sp³-hybridized carbons (Fsp3) is 1.00. The minimum absolute atomic E-state index is 0.145. The smallest absolute Gasteiger partial charge is 0.302 e. The SMILES string of the molecule is CCCCC(C)COP(=O)(O)OC1CCC(C)CC1C. The van der Waals surface area contributed by atoms with Crippen molar-refractivity contribution in [3.05, 3.63) is 0 Å². The minimum atomic E-state index is -3.90. The van der Waals surface area contributed by atoms with Gasteiger partial charge < -0.3 is 4.89 Å². The molecule has 0 bridgehead atoms. The van der Waals surface area contributed by atoms with E-state index in [9.17, 15) is 9.46 Å². The average molecular weight is 306 g/mol. The number of hydrogen-bond donors (Lipinski definition) is 1. The van der Waals surface area contributed by atoms with Crippen LogP contribution in [-0.2, 0) is 13.6 Å². The van der Waals surface area contributed by atoms with Gasteiger partial charge >= 0.3 is 7.82 Å². The van der Waals surface area contributed by atoms with E-state index in [-0.39, 0.29) is 6.10 Å². The highest BCUT2D eigenvalue weighted by Gasteiger charge is 2.33. The van der Waals surface area contributed by atoms with Gasteiger partial charge in [0.1, 0.15) is 0 Å². The summed E-state index contributed by atoms with van der Waals surface area (Å²) in [6, 6.07) is 0. The highest BCUT2D eigenvalue weighted by atomic mass is 31.2. The van der Waals surface area contributed by atoms with Gasteiger partial charge in [0.2, 0.25) is 0 Å². The molecule has 4 nitrogen and oxygen atoms in total. The van der Waals surface area contributed by atoms with Crippen LogP contribution in [0.15, 0.2) is 0 Å². The molecule has 1 saturated carbocycles. The normalized spacial score (nSPS) is 31.8. The van der Waals surface area contributed by atoms with E-state index >= 15 is 0 Å². The molecule has 1 fully saturated rings. The van der Waals surface area contributed by atoms with Crippen LogP contribution in [0.25, 0.3) is 0 Å². The van der Waals surface area contributed by atoms with Crippen LogP contribution < -0.4 is 0 Å². The average Bonchev–Trinajstić information content (AvgIpc) is 2.37. The number of phosphoric ester groups is 1. The van der Waals surface area contributed by atoms with Crippen molar-refractivity contribution >= 4 is 7.82 Å². The van der Waals surface area contributed by atoms with Crippen molar-refractivity contribution in [1.29, 1.82) is 0 Å². The molecule has 1 aliphatic carbocycles. The van der Waals surface area contributed by atoms with Crippen LogP contribution in [0.2, 0.25) is 0 Å². The Balaban J connectivity index is 2.35. The third-order valence-corrected chi connectivity index (χ3v) is 5.21. The Morgan fingerprint density at radius 2 is 2.05 bits per heavy atom. The van der Waals surface area contributed by atoms with Crippen molar-refractivity contribution in [1.82, 2.24) is 0 Å². The summed E-state index contributed by atoms with van der Waals surface area (Å²) in [5.41, 5.74) is 0. The Labute approximate surface area is 123 Å². The van der Waals surface area contributed by atoms with E-state index in [0.29, 0.717) is 24.4 Å². The van der Waals surface area contributed by atoms with E-state index < -0.39 is 7.82 Å². The van der Waals surface area contributed by atoms with E-state index in [4.69, 9.17) is 9.05 Å². The zero-order chi connectivity index (χ0) is 15.2. The first-order valence-corrected chi connectivity index (χ1v) is 9.49. The fourth-order valence-corrected chi connectivity index (χ4v) is 4.01. The van der Waals surface area contributed by atoms with Gasteiger partial charge in [-0.1, -0.05) is 40.5 Å². The summed E-state index contributed by atoms with van der Waals surface area (Å²) in [4.78, 5) is 9.84. The molecule has 120 valence electrons. The van der Waals surface area contributed by atoms with Crippen molar-refractivity contribution in [2.45, 2.75) is 72.3 Å². The molecule has 5 heteroatoms. The van der Waals surface area contributed by atoms with Gasteiger partial charge in [-0.3, -0.25) is 9.05 Å². The van der Waals surface area contributed by atoms with Crippen LogP contribution in [0.1, 0.15) is 66.2 Å². The Morgan fingerprint density at radius 3 is 2.65 bits per heavy atom. The molecular formula is C15H31O4P. The molecule has 1 rings (SSSR count). The zero-order valence-electron chi connectivity index (χ0n) is 13.4. The van der Waals surface area contributed by atoms with Crippen LogP contribution >= 0.6 is 7.82 Å². The standard InChI is InChI=1S/C15H31O4P/c1-5-6-7-13(3)11-18-20(16,17)19-15-9-8-12(2)10-14(15)4/h12-15H,5-11H2,1-4H3,(H,16,17). The number of hydrogen-bond acceptors (Lipinski definition) is 3. The molecule has 0 aromatic rings. The molecule has 1 N–H and O–H groups in total. The van der Waals surface area contributed by atoms with Gasteiger partial charge in [0.05, 0.1) is 12.7 Å². The maximum atomic E-state index is 12.0. The lowest BCUT2D eigenvalue weighted by Crippen LogP contribution is -2.28. The molecule has 0 amide bonds. The molecule has 5 unspecified atom stereocenters. The molecule has 0 aromatic heterocycles. The Kier molecular flexibility index (Phi) is 7.74. The van der Waals surface area contributed by atoms with E-state index in [0.717, 1.165) is 38.5 Å². The summed E-state index contributed by atoms with van der Waals surface area (Å²) in [7, 11) is -3.90. The van der Waals surface area contributed by atoms with Crippen LogP contribution in [0.3, 0.4) is 0 Å². The van der Waals surface area contributed by atoms with Crippen LogP contribution in [-0.4, -0.2) is 17.6 Å². The predicted molar refractivity (Wildman–Crippen MR) is 81.5 cm³/mol. The van der Waals surface area contributed by atoms with Crippen molar-refractivity contribution in [3.8, 4) is 0 Å². The molecule has 0 heterocycles. The van der Waals surface area contributed by atoms with E-state index in [1.807, 2.05) is 6.92 Å². The molecule has 0 radical (unpaired) electrons. The lowest BCUT2D eigenvalue weighted by molar-refractivity contribution is 0.0358. The Bertz CT molecular complexity index is 321. The largest absolute Gasteiger partial charge is 0.472 e. The van der Waals surface area contributed by atoms with Crippen molar-refractivity contribution < 1.29 is 18.5 Å². The first-order chi connectivity index (χ1) is 9.34. The maximum Gasteiger partial charge on any atom is 0.472 e. The molecule has 20 heavy (non-hydrogen) atoms. The summed E-state index contributed by atoms with van der Waals surface area (Å²) >= 11 is 0. The highest BCUT2D eigenvalue weighted by Crippen LogP contribution is 2.48. The first-order valence-electron chi connectivity index (χ1n) is 7.99. The van der Waals surface area contributed by atoms with E-state index in [1.54, 1.807) is 0 Å². The molecule has 5 atom stereocenters. The van der Waals surface area contributed by atoms with E-state index in [2.05, 4.69) is 20.8 Å². The monoisotopic (exact) mass is 306 g/mol. The lowest BCUT2D eigenvalue weighted by Gasteiger charge is -2.33. The summed E-state index contributed by atoms with van der Waals surface area (Å²) in [5.74, 6) is 1.29. The zero-order valence-corrected chi connectivity index (χ0v) is 14.3. The highest BCUT2D eigenvalue weighted by molar-refractivity contribution is 7.47. The van der Waals surface area contributed by atoms with Gasteiger partial charge in [-0.25, -0.2) is 4.57 Å². The predicted octanol–water partition coefficient (Wildman–Crippen LogP) is 4.77. The van der Waals surface area contributed by atoms with E-state index in [1.165, 1.54) is 0 Å². The number of rotatable bonds is 8. The molecule has 1 aliphatic rings. The molecular weight excluding hydrogens is 275 g/mol.